The maximum absolute atomic E-state index is 12.9. The number of fused-ring (bicyclic) bond motifs is 1. The van der Waals surface area contributed by atoms with E-state index in [-0.39, 0.29) is 17.0 Å². The van der Waals surface area contributed by atoms with Crippen LogP contribution in [-0.2, 0) is 0 Å². The summed E-state index contributed by atoms with van der Waals surface area (Å²) in [6.45, 7) is 5.58. The number of hydrogen-bond donors (Lipinski definition) is 2. The van der Waals surface area contributed by atoms with Gasteiger partial charge in [0.2, 0.25) is 0 Å². The smallest absolute Gasteiger partial charge is 0.337 e. The molecule has 0 spiro atoms. The van der Waals surface area contributed by atoms with Crippen LogP contribution in [0.1, 0.15) is 34.5 Å². The standard InChI is InChI=1S/C23H24N2O4S/c1-14-11-17(15(2)24-19-6-4-3-5-16(19)23(27)28)22-18(12-14)20(26)13-21(29-22)25-7-9-30-10-8-25/h3-6,11-13,15,24H,7-10H2,1-2H3,(H,27,28)/t15-/m1/s1. The highest BCUT2D eigenvalue weighted by molar-refractivity contribution is 7.99. The van der Waals surface area contributed by atoms with Gasteiger partial charge in [-0.05, 0) is 37.6 Å². The fourth-order valence-corrected chi connectivity index (χ4v) is 4.69. The molecule has 1 aliphatic heterocycles. The maximum atomic E-state index is 12.9. The zero-order valence-electron chi connectivity index (χ0n) is 17.0. The molecule has 1 aliphatic rings. The first kappa shape index (κ1) is 20.3. The Kier molecular flexibility index (Phi) is 5.72. The van der Waals surface area contributed by atoms with Gasteiger partial charge in [0, 0.05) is 41.9 Å². The summed E-state index contributed by atoms with van der Waals surface area (Å²) in [5.41, 5.74) is 3.00. The van der Waals surface area contributed by atoms with E-state index in [4.69, 9.17) is 4.42 Å². The van der Waals surface area contributed by atoms with E-state index in [1.165, 1.54) is 0 Å². The third kappa shape index (κ3) is 4.03. The molecule has 1 aromatic heterocycles. The fourth-order valence-electron chi connectivity index (χ4n) is 3.79. The predicted octanol–water partition coefficient (Wildman–Crippen LogP) is 4.53. The second-order valence-corrected chi connectivity index (χ2v) is 8.72. The summed E-state index contributed by atoms with van der Waals surface area (Å²) in [4.78, 5) is 26.6. The minimum absolute atomic E-state index is 0.0624. The summed E-state index contributed by atoms with van der Waals surface area (Å²) in [6, 6.07) is 12.0. The van der Waals surface area contributed by atoms with E-state index >= 15 is 0 Å². The third-order valence-corrected chi connectivity index (χ3v) is 6.25. The van der Waals surface area contributed by atoms with Crippen LogP contribution < -0.4 is 15.6 Å². The summed E-state index contributed by atoms with van der Waals surface area (Å²) < 4.78 is 6.27. The molecule has 0 saturated carbocycles. The summed E-state index contributed by atoms with van der Waals surface area (Å²) in [5.74, 6) is 1.62. The minimum atomic E-state index is -0.990. The van der Waals surface area contributed by atoms with Crippen molar-refractivity contribution in [3.8, 4) is 0 Å². The molecule has 0 amide bonds. The lowest BCUT2D eigenvalue weighted by atomic mass is 10.0. The van der Waals surface area contributed by atoms with Crippen LogP contribution in [0.4, 0.5) is 11.6 Å². The van der Waals surface area contributed by atoms with Crippen molar-refractivity contribution in [3.63, 3.8) is 0 Å². The van der Waals surface area contributed by atoms with Crippen molar-refractivity contribution >= 4 is 40.3 Å². The SMILES string of the molecule is Cc1cc([C@@H](C)Nc2ccccc2C(=O)O)c2oc(N3CCSCC3)cc(=O)c2c1. The number of benzene rings is 2. The molecule has 4 rings (SSSR count). The van der Waals surface area contributed by atoms with E-state index in [0.29, 0.717) is 22.5 Å². The Morgan fingerprint density at radius 3 is 2.67 bits per heavy atom. The van der Waals surface area contributed by atoms with E-state index < -0.39 is 5.97 Å². The number of carboxylic acid groups (broad SMARTS) is 1. The average Bonchev–Trinajstić information content (AvgIpc) is 2.74. The Morgan fingerprint density at radius 1 is 1.20 bits per heavy atom. The van der Waals surface area contributed by atoms with Gasteiger partial charge in [-0.25, -0.2) is 4.79 Å². The normalized spacial score (nSPS) is 15.2. The molecule has 2 heterocycles. The van der Waals surface area contributed by atoms with Crippen LogP contribution in [0, 0.1) is 6.92 Å². The third-order valence-electron chi connectivity index (χ3n) is 5.31. The molecule has 1 saturated heterocycles. The predicted molar refractivity (Wildman–Crippen MR) is 122 cm³/mol. The van der Waals surface area contributed by atoms with Crippen molar-refractivity contribution in [3.05, 3.63) is 69.4 Å². The Bertz CT molecular complexity index is 1150. The van der Waals surface area contributed by atoms with Crippen molar-refractivity contribution in [1.29, 1.82) is 0 Å². The van der Waals surface area contributed by atoms with E-state index in [0.717, 1.165) is 35.7 Å². The second kappa shape index (κ2) is 8.44. The molecule has 0 aliphatic carbocycles. The molecule has 7 heteroatoms. The first-order valence-corrected chi connectivity index (χ1v) is 11.1. The van der Waals surface area contributed by atoms with Crippen LogP contribution in [0.15, 0.2) is 51.7 Å². The largest absolute Gasteiger partial charge is 0.478 e. The average molecular weight is 425 g/mol. The minimum Gasteiger partial charge on any atom is -0.478 e. The lowest BCUT2D eigenvalue weighted by Gasteiger charge is -2.27. The number of hydrogen-bond acceptors (Lipinski definition) is 6. The van der Waals surface area contributed by atoms with Gasteiger partial charge in [0.25, 0.3) is 0 Å². The van der Waals surface area contributed by atoms with Crippen molar-refractivity contribution < 1.29 is 14.3 Å². The van der Waals surface area contributed by atoms with Crippen LogP contribution in [0.25, 0.3) is 11.0 Å². The molecule has 30 heavy (non-hydrogen) atoms. The van der Waals surface area contributed by atoms with Gasteiger partial charge in [0.15, 0.2) is 11.3 Å². The Morgan fingerprint density at radius 2 is 1.93 bits per heavy atom. The lowest BCUT2D eigenvalue weighted by molar-refractivity contribution is 0.0698. The van der Waals surface area contributed by atoms with E-state index in [1.807, 2.05) is 37.7 Å². The Balaban J connectivity index is 1.78. The number of aryl methyl sites for hydroxylation is 1. The van der Waals surface area contributed by atoms with Crippen LogP contribution in [-0.4, -0.2) is 35.7 Å². The van der Waals surface area contributed by atoms with Crippen LogP contribution in [0.2, 0.25) is 0 Å². The summed E-state index contributed by atoms with van der Waals surface area (Å²) >= 11 is 1.90. The molecular weight excluding hydrogens is 400 g/mol. The van der Waals surface area contributed by atoms with Gasteiger partial charge in [-0.15, -0.1) is 0 Å². The van der Waals surface area contributed by atoms with Crippen LogP contribution >= 0.6 is 11.8 Å². The zero-order chi connectivity index (χ0) is 21.3. The monoisotopic (exact) mass is 424 g/mol. The molecule has 0 unspecified atom stereocenters. The topological polar surface area (TPSA) is 82.8 Å². The number of nitrogens with zero attached hydrogens (tertiary/aromatic N) is 1. The lowest BCUT2D eigenvalue weighted by Crippen LogP contribution is -2.33. The second-order valence-electron chi connectivity index (χ2n) is 7.50. The molecule has 0 radical (unpaired) electrons. The van der Waals surface area contributed by atoms with Gasteiger partial charge in [0.05, 0.1) is 17.0 Å². The van der Waals surface area contributed by atoms with Crippen molar-refractivity contribution in [1.82, 2.24) is 0 Å². The number of thioether (sulfide) groups is 1. The number of carboxylic acids is 1. The van der Waals surface area contributed by atoms with Gasteiger partial charge in [-0.3, -0.25) is 4.79 Å². The fraction of sp³-hybridized carbons (Fsp3) is 0.304. The first-order chi connectivity index (χ1) is 14.4. The molecule has 1 atom stereocenters. The van der Waals surface area contributed by atoms with Gasteiger partial charge in [-0.1, -0.05) is 18.2 Å². The molecule has 156 valence electrons. The van der Waals surface area contributed by atoms with Crippen LogP contribution in [0.3, 0.4) is 0 Å². The zero-order valence-corrected chi connectivity index (χ0v) is 17.8. The van der Waals surface area contributed by atoms with Gasteiger partial charge in [0.1, 0.15) is 5.58 Å². The Labute approximate surface area is 178 Å². The highest BCUT2D eigenvalue weighted by Gasteiger charge is 2.20. The number of carbonyl (C=O) groups is 1. The highest BCUT2D eigenvalue weighted by Crippen LogP contribution is 2.31. The number of rotatable bonds is 5. The molecule has 2 aromatic carbocycles. The molecule has 3 aromatic rings. The number of para-hydroxylation sites is 1. The van der Waals surface area contributed by atoms with Crippen LogP contribution in [0.5, 0.6) is 0 Å². The van der Waals surface area contributed by atoms with E-state index in [1.54, 1.807) is 30.3 Å². The summed E-state index contributed by atoms with van der Waals surface area (Å²) in [7, 11) is 0. The van der Waals surface area contributed by atoms with E-state index in [9.17, 15) is 14.7 Å². The quantitative estimate of drug-likeness (QED) is 0.623. The van der Waals surface area contributed by atoms with Gasteiger partial charge < -0.3 is 19.7 Å². The van der Waals surface area contributed by atoms with Gasteiger partial charge >= 0.3 is 5.97 Å². The first-order valence-electron chi connectivity index (χ1n) is 9.94. The van der Waals surface area contributed by atoms with Crippen molar-refractivity contribution in [2.75, 3.05) is 34.8 Å². The summed E-state index contributed by atoms with van der Waals surface area (Å²) in [6.07, 6.45) is 0. The number of nitrogens with one attached hydrogen (secondary N) is 1. The molecule has 2 N–H and O–H groups in total. The highest BCUT2D eigenvalue weighted by atomic mass is 32.2. The van der Waals surface area contributed by atoms with Gasteiger partial charge in [-0.2, -0.15) is 11.8 Å². The van der Waals surface area contributed by atoms with E-state index in [2.05, 4.69) is 10.2 Å². The molecule has 6 nitrogen and oxygen atoms in total. The molecule has 0 bridgehead atoms. The Hall–Kier alpha value is -2.93. The molecular formula is C23H24N2O4S. The van der Waals surface area contributed by atoms with Crippen molar-refractivity contribution in [2.45, 2.75) is 19.9 Å². The summed E-state index contributed by atoms with van der Waals surface area (Å²) in [5, 5.41) is 13.3. The number of aromatic carboxylic acids is 1. The number of anilines is 2. The molecule has 1 fully saturated rings. The maximum Gasteiger partial charge on any atom is 0.337 e. The van der Waals surface area contributed by atoms with Crippen molar-refractivity contribution in [2.24, 2.45) is 0 Å².